The average molecular weight is 328 g/mol. The van der Waals surface area contributed by atoms with Crippen molar-refractivity contribution in [2.24, 2.45) is 0 Å². The van der Waals surface area contributed by atoms with E-state index in [-0.39, 0.29) is 0 Å². The Morgan fingerprint density at radius 1 is 1.17 bits per heavy atom. The molecule has 1 N–H and O–H groups in total. The highest BCUT2D eigenvalue weighted by molar-refractivity contribution is 5.69. The Morgan fingerprint density at radius 2 is 1.88 bits per heavy atom. The highest BCUT2D eigenvalue weighted by Crippen LogP contribution is 2.10. The van der Waals surface area contributed by atoms with E-state index in [1.807, 2.05) is 51.1 Å². The van der Waals surface area contributed by atoms with E-state index in [0.29, 0.717) is 12.2 Å². The van der Waals surface area contributed by atoms with E-state index in [2.05, 4.69) is 10.3 Å². The largest absolute Gasteiger partial charge is 0.444 e. The molecule has 1 heterocycles. The van der Waals surface area contributed by atoms with Crippen molar-refractivity contribution in [3.05, 3.63) is 65.2 Å². The summed E-state index contributed by atoms with van der Waals surface area (Å²) in [5.74, 6) is -0.499. The number of hydrogen-bond acceptors (Lipinski definition) is 3. The van der Waals surface area contributed by atoms with Crippen LogP contribution in [0, 0.1) is 5.95 Å². The van der Waals surface area contributed by atoms with Crippen LogP contribution in [-0.2, 0) is 11.3 Å². The van der Waals surface area contributed by atoms with Gasteiger partial charge in [0.2, 0.25) is 5.95 Å². The molecule has 0 bridgehead atoms. The van der Waals surface area contributed by atoms with E-state index in [1.165, 1.54) is 6.07 Å². The molecule has 0 atom stereocenters. The standard InChI is InChI=1S/C19H21FN2O2/c1-19(2,3)24-18(23)21-13-15-9-7-14(8-10-15)11-12-16-5-4-6-17(20)22-16/h4-12H,13H2,1-3H3,(H,21,23)/b12-11+. The third-order valence-corrected chi connectivity index (χ3v) is 3.00. The number of carbonyl (C=O) groups is 1. The fourth-order valence-electron chi connectivity index (χ4n) is 1.93. The lowest BCUT2D eigenvalue weighted by Crippen LogP contribution is -2.32. The summed E-state index contributed by atoms with van der Waals surface area (Å²) in [5, 5.41) is 2.71. The van der Waals surface area contributed by atoms with Crippen LogP contribution in [0.3, 0.4) is 0 Å². The summed E-state index contributed by atoms with van der Waals surface area (Å²) in [6, 6.07) is 12.3. The Hall–Kier alpha value is -2.69. The first-order valence-electron chi connectivity index (χ1n) is 7.68. The Labute approximate surface area is 141 Å². The number of alkyl carbamates (subject to hydrolysis) is 1. The molecular weight excluding hydrogens is 307 g/mol. The number of halogens is 1. The van der Waals surface area contributed by atoms with Crippen LogP contribution in [0.15, 0.2) is 42.5 Å². The molecule has 1 aromatic carbocycles. The molecule has 0 aliphatic carbocycles. The van der Waals surface area contributed by atoms with Crippen LogP contribution in [0.4, 0.5) is 9.18 Å². The van der Waals surface area contributed by atoms with Crippen LogP contribution in [0.5, 0.6) is 0 Å². The van der Waals surface area contributed by atoms with Gasteiger partial charge < -0.3 is 10.1 Å². The lowest BCUT2D eigenvalue weighted by Gasteiger charge is -2.19. The number of rotatable bonds is 4. The summed E-state index contributed by atoms with van der Waals surface area (Å²) in [6.07, 6.45) is 3.16. The number of amides is 1. The van der Waals surface area contributed by atoms with Crippen molar-refractivity contribution in [2.45, 2.75) is 32.9 Å². The zero-order chi connectivity index (χ0) is 17.6. The number of carbonyl (C=O) groups excluding carboxylic acids is 1. The fourth-order valence-corrected chi connectivity index (χ4v) is 1.93. The number of benzene rings is 1. The van der Waals surface area contributed by atoms with E-state index in [0.717, 1.165) is 11.1 Å². The molecule has 2 aromatic rings. The number of aromatic nitrogens is 1. The summed E-state index contributed by atoms with van der Waals surface area (Å²) in [5.41, 5.74) is 1.97. The molecule has 0 saturated heterocycles. The van der Waals surface area contributed by atoms with Crippen molar-refractivity contribution in [1.82, 2.24) is 10.3 Å². The zero-order valence-corrected chi connectivity index (χ0v) is 14.0. The van der Waals surface area contributed by atoms with Gasteiger partial charge in [-0.15, -0.1) is 0 Å². The van der Waals surface area contributed by atoms with E-state index in [4.69, 9.17) is 4.74 Å². The van der Waals surface area contributed by atoms with E-state index in [9.17, 15) is 9.18 Å². The second-order valence-corrected chi connectivity index (χ2v) is 6.32. The molecule has 24 heavy (non-hydrogen) atoms. The molecule has 0 spiro atoms. The molecule has 126 valence electrons. The SMILES string of the molecule is CC(C)(C)OC(=O)NCc1ccc(/C=C/c2cccc(F)n2)cc1. The number of nitrogens with zero attached hydrogens (tertiary/aromatic N) is 1. The summed E-state index contributed by atoms with van der Waals surface area (Å²) in [7, 11) is 0. The summed E-state index contributed by atoms with van der Waals surface area (Å²) in [4.78, 5) is 15.4. The van der Waals surface area contributed by atoms with E-state index in [1.54, 1.807) is 18.2 Å². The lowest BCUT2D eigenvalue weighted by atomic mass is 10.1. The first-order chi connectivity index (χ1) is 11.3. The first kappa shape index (κ1) is 17.7. The minimum Gasteiger partial charge on any atom is -0.444 e. The maximum Gasteiger partial charge on any atom is 0.407 e. The van der Waals surface area contributed by atoms with Crippen molar-refractivity contribution < 1.29 is 13.9 Å². The van der Waals surface area contributed by atoms with Gasteiger partial charge in [-0.05, 0) is 50.1 Å². The molecule has 5 heteroatoms. The summed E-state index contributed by atoms with van der Waals surface area (Å²) < 4.78 is 18.2. The molecule has 0 unspecified atom stereocenters. The minimum absolute atomic E-state index is 0.393. The van der Waals surface area contributed by atoms with Crippen molar-refractivity contribution in [2.75, 3.05) is 0 Å². The fraction of sp³-hybridized carbons (Fsp3) is 0.263. The third kappa shape index (κ3) is 6.20. The molecule has 0 aliphatic rings. The minimum atomic E-state index is -0.510. The quantitative estimate of drug-likeness (QED) is 0.846. The van der Waals surface area contributed by atoms with Crippen LogP contribution in [0.2, 0.25) is 0 Å². The number of hydrogen-bond donors (Lipinski definition) is 1. The Morgan fingerprint density at radius 3 is 2.50 bits per heavy atom. The normalized spacial score (nSPS) is 11.5. The maximum atomic E-state index is 13.0. The van der Waals surface area contributed by atoms with Crippen LogP contribution in [-0.4, -0.2) is 16.7 Å². The van der Waals surface area contributed by atoms with E-state index >= 15 is 0 Å². The van der Waals surface area contributed by atoms with Gasteiger partial charge in [-0.25, -0.2) is 9.78 Å². The van der Waals surface area contributed by atoms with Crippen LogP contribution < -0.4 is 5.32 Å². The summed E-state index contributed by atoms with van der Waals surface area (Å²) in [6.45, 7) is 5.86. The van der Waals surface area contributed by atoms with Crippen molar-refractivity contribution in [1.29, 1.82) is 0 Å². The predicted molar refractivity (Wildman–Crippen MR) is 92.6 cm³/mol. The molecular formula is C19H21FN2O2. The highest BCUT2D eigenvalue weighted by Gasteiger charge is 2.15. The molecule has 4 nitrogen and oxygen atoms in total. The maximum absolute atomic E-state index is 13.0. The van der Waals surface area contributed by atoms with Gasteiger partial charge in [0, 0.05) is 6.54 Å². The van der Waals surface area contributed by atoms with Gasteiger partial charge in [0.1, 0.15) is 5.60 Å². The third-order valence-electron chi connectivity index (χ3n) is 3.00. The molecule has 2 rings (SSSR count). The van der Waals surface area contributed by atoms with E-state index < -0.39 is 17.6 Å². The highest BCUT2D eigenvalue weighted by atomic mass is 19.1. The zero-order valence-electron chi connectivity index (χ0n) is 14.0. The Balaban J connectivity index is 1.90. The first-order valence-corrected chi connectivity index (χ1v) is 7.68. The molecule has 0 fully saturated rings. The van der Waals surface area contributed by atoms with Gasteiger partial charge in [-0.2, -0.15) is 4.39 Å². The van der Waals surface area contributed by atoms with Crippen LogP contribution >= 0.6 is 0 Å². The smallest absolute Gasteiger partial charge is 0.407 e. The summed E-state index contributed by atoms with van der Waals surface area (Å²) >= 11 is 0. The van der Waals surface area contributed by atoms with Crippen molar-refractivity contribution in [3.63, 3.8) is 0 Å². The van der Waals surface area contributed by atoms with Crippen LogP contribution in [0.1, 0.15) is 37.6 Å². The second-order valence-electron chi connectivity index (χ2n) is 6.32. The second kappa shape index (κ2) is 7.73. The number of nitrogens with one attached hydrogen (secondary N) is 1. The van der Waals surface area contributed by atoms with Crippen molar-refractivity contribution >= 4 is 18.2 Å². The van der Waals surface area contributed by atoms with Gasteiger partial charge in [0.05, 0.1) is 5.69 Å². The molecule has 1 aromatic heterocycles. The number of ether oxygens (including phenoxy) is 1. The Kier molecular flexibility index (Phi) is 5.68. The molecule has 0 aliphatic heterocycles. The topological polar surface area (TPSA) is 51.2 Å². The monoisotopic (exact) mass is 328 g/mol. The number of pyridine rings is 1. The van der Waals surface area contributed by atoms with Crippen LogP contribution in [0.25, 0.3) is 12.2 Å². The predicted octanol–water partition coefficient (Wildman–Crippen LogP) is 4.42. The lowest BCUT2D eigenvalue weighted by molar-refractivity contribution is 0.0523. The van der Waals surface area contributed by atoms with Gasteiger partial charge in [0.15, 0.2) is 0 Å². The van der Waals surface area contributed by atoms with Gasteiger partial charge in [0.25, 0.3) is 0 Å². The molecule has 1 amide bonds. The van der Waals surface area contributed by atoms with Gasteiger partial charge in [-0.1, -0.05) is 36.4 Å². The molecule has 0 saturated carbocycles. The average Bonchev–Trinajstić information content (AvgIpc) is 2.50. The van der Waals surface area contributed by atoms with Crippen molar-refractivity contribution in [3.8, 4) is 0 Å². The molecule has 0 radical (unpaired) electrons. The van der Waals surface area contributed by atoms with Gasteiger partial charge in [-0.3, -0.25) is 0 Å². The van der Waals surface area contributed by atoms with Gasteiger partial charge >= 0.3 is 6.09 Å². The Bertz CT molecular complexity index is 719.